The first-order valence-corrected chi connectivity index (χ1v) is 10.4. The molecule has 1 aromatic heterocycles. The van der Waals surface area contributed by atoms with Crippen LogP contribution in [0.2, 0.25) is 5.02 Å². The van der Waals surface area contributed by atoms with Gasteiger partial charge in [0.2, 0.25) is 11.2 Å². The van der Waals surface area contributed by atoms with Crippen molar-refractivity contribution in [1.29, 1.82) is 0 Å². The minimum atomic E-state index is -5.10. The first-order chi connectivity index (χ1) is 17.0. The molecule has 0 aliphatic heterocycles. The Labute approximate surface area is 204 Å². The van der Waals surface area contributed by atoms with Crippen molar-refractivity contribution in [3.8, 4) is 17.2 Å². The number of nitro benzene ring substituents is 1. The third-order valence-electron chi connectivity index (χ3n) is 4.97. The van der Waals surface area contributed by atoms with Gasteiger partial charge in [-0.3, -0.25) is 14.9 Å². The van der Waals surface area contributed by atoms with Crippen molar-refractivity contribution >= 4 is 34.2 Å². The molecule has 0 radical (unpaired) electrons. The molecule has 0 fully saturated rings. The maximum atomic E-state index is 13.7. The number of para-hydroxylation sites is 1. The van der Waals surface area contributed by atoms with Gasteiger partial charge in [0.1, 0.15) is 17.1 Å². The number of aryl methyl sites for hydroxylation is 1. The average molecular weight is 520 g/mol. The topological polar surface area (TPSA) is 109 Å². The van der Waals surface area contributed by atoms with Crippen molar-refractivity contribution in [2.45, 2.75) is 13.1 Å². The summed E-state index contributed by atoms with van der Waals surface area (Å²) in [6, 6.07) is 12.4. The van der Waals surface area contributed by atoms with Gasteiger partial charge in [-0.05, 0) is 43.3 Å². The quantitative estimate of drug-likeness (QED) is 0.125. The second kappa shape index (κ2) is 9.34. The number of nitrogens with zero attached hydrogens (tertiary/aromatic N) is 1. The summed E-state index contributed by atoms with van der Waals surface area (Å²) < 4.78 is 56.6. The molecule has 0 bridgehead atoms. The molecule has 0 atom stereocenters. The molecule has 12 heteroatoms. The third kappa shape index (κ3) is 4.86. The van der Waals surface area contributed by atoms with E-state index in [1.54, 1.807) is 0 Å². The van der Waals surface area contributed by atoms with Gasteiger partial charge in [-0.15, -0.1) is 0 Å². The fourth-order valence-electron chi connectivity index (χ4n) is 3.29. The predicted octanol–water partition coefficient (Wildman–Crippen LogP) is 6.69. The summed E-state index contributed by atoms with van der Waals surface area (Å²) in [6.45, 7) is 1.43. The lowest BCUT2D eigenvalue weighted by molar-refractivity contribution is -0.385. The van der Waals surface area contributed by atoms with Crippen molar-refractivity contribution in [2.75, 3.05) is 0 Å². The van der Waals surface area contributed by atoms with Crippen LogP contribution in [0.3, 0.4) is 0 Å². The van der Waals surface area contributed by atoms with Crippen LogP contribution >= 0.6 is 11.6 Å². The molecule has 0 aliphatic carbocycles. The molecule has 0 aliphatic rings. The summed E-state index contributed by atoms with van der Waals surface area (Å²) in [5.41, 5.74) is -1.65. The van der Waals surface area contributed by atoms with E-state index < -0.39 is 39.6 Å². The molecule has 8 nitrogen and oxygen atoms in total. The molecule has 36 heavy (non-hydrogen) atoms. The normalized spacial score (nSPS) is 11.4. The maximum Gasteiger partial charge on any atom is 0.453 e. The van der Waals surface area contributed by atoms with E-state index >= 15 is 0 Å². The average Bonchev–Trinajstić information content (AvgIpc) is 2.81. The summed E-state index contributed by atoms with van der Waals surface area (Å²) in [4.78, 5) is 35.7. The Kier molecular flexibility index (Phi) is 6.42. The number of hydrogen-bond donors (Lipinski definition) is 0. The number of esters is 1. The lowest BCUT2D eigenvalue weighted by Crippen LogP contribution is -2.16. The molecule has 0 amide bonds. The minimum absolute atomic E-state index is 0.0196. The monoisotopic (exact) mass is 519 g/mol. The molecular weight excluding hydrogens is 507 g/mol. The second-order valence-electron chi connectivity index (χ2n) is 7.43. The van der Waals surface area contributed by atoms with Gasteiger partial charge in [0.15, 0.2) is 0 Å². The standard InChI is InChI=1S/C24H13ClF3NO7/c1-12-10-13(6-9-17(12)29(32)33)23(31)34-14-7-8-15-19(11-14)36-22(24(26,27)28)21(20(15)30)35-18-5-3-2-4-16(18)25/h2-11H,1H3. The van der Waals surface area contributed by atoms with Crippen molar-refractivity contribution in [2.24, 2.45) is 0 Å². The van der Waals surface area contributed by atoms with Gasteiger partial charge < -0.3 is 13.9 Å². The SMILES string of the molecule is Cc1cc(C(=O)Oc2ccc3c(=O)c(Oc4ccccc4Cl)c(C(F)(F)F)oc3c2)ccc1[N+](=O)[O-]. The van der Waals surface area contributed by atoms with Crippen molar-refractivity contribution in [3.63, 3.8) is 0 Å². The Bertz CT molecular complexity index is 1580. The summed E-state index contributed by atoms with van der Waals surface area (Å²) in [5, 5.41) is 10.7. The highest BCUT2D eigenvalue weighted by Crippen LogP contribution is 2.39. The first-order valence-electron chi connectivity index (χ1n) is 10.0. The molecule has 0 saturated heterocycles. The van der Waals surface area contributed by atoms with E-state index in [1.807, 2.05) is 0 Å². The van der Waals surface area contributed by atoms with E-state index in [2.05, 4.69) is 0 Å². The van der Waals surface area contributed by atoms with Crippen LogP contribution in [0.25, 0.3) is 11.0 Å². The van der Waals surface area contributed by atoms with Gasteiger partial charge in [-0.1, -0.05) is 23.7 Å². The van der Waals surface area contributed by atoms with Crippen LogP contribution in [0.5, 0.6) is 17.2 Å². The maximum absolute atomic E-state index is 13.7. The smallest absolute Gasteiger partial charge is 0.448 e. The number of carbonyl (C=O) groups excluding carboxylic acids is 1. The Hall–Kier alpha value is -4.38. The summed E-state index contributed by atoms with van der Waals surface area (Å²) >= 11 is 5.94. The van der Waals surface area contributed by atoms with Crippen LogP contribution in [-0.2, 0) is 6.18 Å². The molecule has 3 aromatic carbocycles. The van der Waals surface area contributed by atoms with Gasteiger partial charge in [0.05, 0.1) is 20.9 Å². The molecule has 0 N–H and O–H groups in total. The number of rotatable bonds is 5. The van der Waals surface area contributed by atoms with E-state index in [9.17, 15) is 32.9 Å². The number of carbonyl (C=O) groups is 1. The first kappa shape index (κ1) is 24.7. The lowest BCUT2D eigenvalue weighted by Gasteiger charge is -2.14. The van der Waals surface area contributed by atoms with Crippen molar-refractivity contribution < 1.29 is 36.8 Å². The van der Waals surface area contributed by atoms with E-state index in [0.717, 1.165) is 18.2 Å². The number of halogens is 4. The molecule has 4 aromatic rings. The molecule has 0 unspecified atom stereocenters. The van der Waals surface area contributed by atoms with Crippen LogP contribution in [0, 0.1) is 17.0 Å². The molecule has 184 valence electrons. The zero-order chi connectivity index (χ0) is 26.2. The van der Waals surface area contributed by atoms with Gasteiger partial charge in [0.25, 0.3) is 11.4 Å². The van der Waals surface area contributed by atoms with Crippen LogP contribution in [-0.4, -0.2) is 10.9 Å². The molecular formula is C24H13ClF3NO7. The highest BCUT2D eigenvalue weighted by Gasteiger charge is 2.40. The van der Waals surface area contributed by atoms with Gasteiger partial charge >= 0.3 is 12.1 Å². The molecule has 0 saturated carbocycles. The van der Waals surface area contributed by atoms with E-state index in [0.29, 0.717) is 0 Å². The summed E-state index contributed by atoms with van der Waals surface area (Å²) in [6.07, 6.45) is -5.10. The Balaban J connectivity index is 1.73. The van der Waals surface area contributed by atoms with Crippen molar-refractivity contribution in [1.82, 2.24) is 0 Å². The number of benzene rings is 3. The Morgan fingerprint density at radius 2 is 1.81 bits per heavy atom. The highest BCUT2D eigenvalue weighted by atomic mass is 35.5. The molecule has 1 heterocycles. The Morgan fingerprint density at radius 1 is 1.08 bits per heavy atom. The fourth-order valence-corrected chi connectivity index (χ4v) is 3.46. The fraction of sp³-hybridized carbons (Fsp3) is 0.0833. The van der Waals surface area contributed by atoms with Gasteiger partial charge in [-0.25, -0.2) is 4.79 Å². The van der Waals surface area contributed by atoms with Crippen LogP contribution < -0.4 is 14.9 Å². The zero-order valence-corrected chi connectivity index (χ0v) is 18.8. The highest BCUT2D eigenvalue weighted by molar-refractivity contribution is 6.32. The number of nitro groups is 1. The van der Waals surface area contributed by atoms with E-state index in [1.165, 1.54) is 49.4 Å². The second-order valence-corrected chi connectivity index (χ2v) is 7.83. The van der Waals surface area contributed by atoms with Gasteiger partial charge in [-0.2, -0.15) is 13.2 Å². The molecule has 0 spiro atoms. The lowest BCUT2D eigenvalue weighted by atomic mass is 10.1. The molecule has 4 rings (SSSR count). The number of fused-ring (bicyclic) bond motifs is 1. The summed E-state index contributed by atoms with van der Waals surface area (Å²) in [7, 11) is 0. The van der Waals surface area contributed by atoms with E-state index in [4.69, 9.17) is 25.5 Å². The van der Waals surface area contributed by atoms with Gasteiger partial charge in [0, 0.05) is 17.7 Å². The van der Waals surface area contributed by atoms with Crippen LogP contribution in [0.4, 0.5) is 18.9 Å². The number of ether oxygens (including phenoxy) is 2. The number of hydrogen-bond acceptors (Lipinski definition) is 7. The summed E-state index contributed by atoms with van der Waals surface area (Å²) in [5.74, 6) is -4.13. The largest absolute Gasteiger partial charge is 0.453 e. The third-order valence-corrected chi connectivity index (χ3v) is 5.28. The predicted molar refractivity (Wildman–Crippen MR) is 122 cm³/mol. The van der Waals surface area contributed by atoms with Crippen LogP contribution in [0.1, 0.15) is 21.7 Å². The van der Waals surface area contributed by atoms with Crippen LogP contribution in [0.15, 0.2) is 69.9 Å². The minimum Gasteiger partial charge on any atom is -0.448 e. The zero-order valence-electron chi connectivity index (χ0n) is 18.1. The van der Waals surface area contributed by atoms with E-state index in [-0.39, 0.29) is 38.7 Å². The Morgan fingerprint density at radius 3 is 2.44 bits per heavy atom. The number of alkyl halides is 3. The van der Waals surface area contributed by atoms with Crippen molar-refractivity contribution in [3.05, 3.63) is 103 Å².